The van der Waals surface area contributed by atoms with Crippen LogP contribution in [0.2, 0.25) is 0 Å². The van der Waals surface area contributed by atoms with E-state index in [-0.39, 0.29) is 35.8 Å². The maximum Gasteiger partial charge on any atom is 0.191 e. The number of likely N-dealkylation sites (N-methyl/N-ethyl adjacent to an activating group) is 1. The first-order valence-corrected chi connectivity index (χ1v) is 10.3. The summed E-state index contributed by atoms with van der Waals surface area (Å²) in [7, 11) is 5.60. The molecule has 1 aromatic heterocycles. The second-order valence-electron chi connectivity index (χ2n) is 7.07. The SMILES string of the molecule is CN=C(NCC(O)c1cc2ccccc2s1)NCC(c1cccc(F)c1)N(C)C.I. The van der Waals surface area contributed by atoms with Crippen LogP contribution in [-0.2, 0) is 0 Å². The molecule has 3 N–H and O–H groups in total. The number of aliphatic hydroxyl groups is 1. The van der Waals surface area contributed by atoms with Gasteiger partial charge in [0.25, 0.3) is 0 Å². The van der Waals surface area contributed by atoms with E-state index < -0.39 is 6.10 Å². The number of hydrogen-bond acceptors (Lipinski definition) is 4. The molecule has 0 spiro atoms. The Balaban J connectivity index is 0.00000320. The molecule has 5 nitrogen and oxygen atoms in total. The van der Waals surface area contributed by atoms with Gasteiger partial charge in [-0.3, -0.25) is 4.99 Å². The number of nitrogens with one attached hydrogen (secondary N) is 2. The predicted molar refractivity (Wildman–Crippen MR) is 134 cm³/mol. The minimum atomic E-state index is -0.626. The van der Waals surface area contributed by atoms with Crippen molar-refractivity contribution in [3.63, 3.8) is 0 Å². The van der Waals surface area contributed by atoms with Gasteiger partial charge in [0.05, 0.1) is 6.04 Å². The molecule has 0 aliphatic carbocycles. The van der Waals surface area contributed by atoms with Crippen molar-refractivity contribution < 1.29 is 9.50 Å². The van der Waals surface area contributed by atoms with Crippen LogP contribution in [0.4, 0.5) is 4.39 Å². The molecule has 0 aliphatic heterocycles. The quantitative estimate of drug-likeness (QED) is 0.239. The summed E-state index contributed by atoms with van der Waals surface area (Å²) < 4.78 is 14.8. The molecule has 0 aliphatic rings. The van der Waals surface area contributed by atoms with Gasteiger partial charge in [0.15, 0.2) is 5.96 Å². The van der Waals surface area contributed by atoms with Crippen LogP contribution in [0.1, 0.15) is 22.6 Å². The summed E-state index contributed by atoms with van der Waals surface area (Å²) in [4.78, 5) is 7.18. The Morgan fingerprint density at radius 3 is 2.50 bits per heavy atom. The zero-order chi connectivity index (χ0) is 20.8. The Morgan fingerprint density at radius 2 is 1.83 bits per heavy atom. The van der Waals surface area contributed by atoms with Gasteiger partial charge in [0, 0.05) is 29.7 Å². The molecule has 0 fully saturated rings. The number of guanidine groups is 1. The van der Waals surface area contributed by atoms with Gasteiger partial charge in [-0.15, -0.1) is 35.3 Å². The van der Waals surface area contributed by atoms with Gasteiger partial charge in [0.1, 0.15) is 11.9 Å². The monoisotopic (exact) mass is 542 g/mol. The van der Waals surface area contributed by atoms with Crippen molar-refractivity contribution in [3.8, 4) is 0 Å². The molecule has 0 saturated heterocycles. The molecule has 2 unspecified atom stereocenters. The zero-order valence-corrected chi connectivity index (χ0v) is 20.4. The molecule has 0 amide bonds. The molecule has 3 rings (SSSR count). The minimum absolute atomic E-state index is 0. The van der Waals surface area contributed by atoms with Crippen molar-refractivity contribution in [1.82, 2.24) is 15.5 Å². The Bertz CT molecular complexity index is 945. The molecule has 30 heavy (non-hydrogen) atoms. The van der Waals surface area contributed by atoms with E-state index >= 15 is 0 Å². The normalized spacial score (nSPS) is 13.7. The third kappa shape index (κ3) is 6.37. The number of hydrogen-bond donors (Lipinski definition) is 3. The van der Waals surface area contributed by atoms with E-state index in [2.05, 4.69) is 21.7 Å². The van der Waals surface area contributed by atoms with Gasteiger partial charge >= 0.3 is 0 Å². The topological polar surface area (TPSA) is 59.9 Å². The third-order valence-electron chi connectivity index (χ3n) is 4.78. The van der Waals surface area contributed by atoms with E-state index in [4.69, 9.17) is 0 Å². The summed E-state index contributed by atoms with van der Waals surface area (Å²) in [5, 5.41) is 18.1. The van der Waals surface area contributed by atoms with E-state index in [0.717, 1.165) is 20.5 Å². The lowest BCUT2D eigenvalue weighted by Crippen LogP contribution is -2.43. The second kappa shape index (κ2) is 11.6. The molecule has 0 bridgehead atoms. The Morgan fingerprint density at radius 1 is 1.10 bits per heavy atom. The average Bonchev–Trinajstić information content (AvgIpc) is 3.14. The van der Waals surface area contributed by atoms with Gasteiger partial charge < -0.3 is 20.6 Å². The third-order valence-corrected chi connectivity index (χ3v) is 6.00. The van der Waals surface area contributed by atoms with Gasteiger partial charge in [-0.2, -0.15) is 0 Å². The fraction of sp³-hybridized carbons (Fsp3) is 0.318. The molecule has 2 atom stereocenters. The summed E-state index contributed by atoms with van der Waals surface area (Å²) in [6, 6.07) is 16.7. The maximum absolute atomic E-state index is 13.6. The number of thiophene rings is 1. The number of benzene rings is 2. The highest BCUT2D eigenvalue weighted by Crippen LogP contribution is 2.29. The minimum Gasteiger partial charge on any atom is -0.386 e. The first-order valence-electron chi connectivity index (χ1n) is 9.51. The lowest BCUT2D eigenvalue weighted by atomic mass is 10.1. The fourth-order valence-electron chi connectivity index (χ4n) is 3.19. The highest BCUT2D eigenvalue weighted by molar-refractivity contribution is 14.0. The lowest BCUT2D eigenvalue weighted by Gasteiger charge is -2.26. The van der Waals surface area contributed by atoms with Crippen LogP contribution in [0, 0.1) is 5.82 Å². The van der Waals surface area contributed by atoms with E-state index in [1.54, 1.807) is 30.5 Å². The van der Waals surface area contributed by atoms with E-state index in [1.807, 2.05) is 49.3 Å². The molecule has 3 aromatic rings. The highest BCUT2D eigenvalue weighted by atomic mass is 127. The zero-order valence-electron chi connectivity index (χ0n) is 17.3. The summed E-state index contributed by atoms with van der Waals surface area (Å²) in [6.07, 6.45) is -0.626. The number of aliphatic hydroxyl groups excluding tert-OH is 1. The van der Waals surface area contributed by atoms with E-state index in [0.29, 0.717) is 19.0 Å². The van der Waals surface area contributed by atoms with Crippen LogP contribution in [0.5, 0.6) is 0 Å². The summed E-state index contributed by atoms with van der Waals surface area (Å²) in [5.74, 6) is 0.344. The summed E-state index contributed by atoms with van der Waals surface area (Å²) in [5.41, 5.74) is 0.892. The number of halogens is 2. The number of aliphatic imine (C=N–C) groups is 1. The second-order valence-corrected chi connectivity index (χ2v) is 8.19. The van der Waals surface area contributed by atoms with Gasteiger partial charge in [-0.05, 0) is 49.3 Å². The van der Waals surface area contributed by atoms with E-state index in [1.165, 1.54) is 6.07 Å². The van der Waals surface area contributed by atoms with Gasteiger partial charge in [-0.1, -0.05) is 30.3 Å². The lowest BCUT2D eigenvalue weighted by molar-refractivity contribution is 0.184. The van der Waals surface area contributed by atoms with Crippen molar-refractivity contribution in [2.75, 3.05) is 34.2 Å². The number of fused-ring (bicyclic) bond motifs is 1. The van der Waals surface area contributed by atoms with Crippen LogP contribution in [0.25, 0.3) is 10.1 Å². The Kier molecular flexibility index (Phi) is 9.47. The highest BCUT2D eigenvalue weighted by Gasteiger charge is 2.16. The summed E-state index contributed by atoms with van der Waals surface area (Å²) >= 11 is 1.59. The molecule has 1 heterocycles. The number of rotatable bonds is 7. The fourth-order valence-corrected chi connectivity index (χ4v) is 4.24. The van der Waals surface area contributed by atoms with Crippen LogP contribution < -0.4 is 10.6 Å². The van der Waals surface area contributed by atoms with Crippen LogP contribution in [0.3, 0.4) is 0 Å². The summed E-state index contributed by atoms with van der Waals surface area (Å²) in [6.45, 7) is 0.897. The van der Waals surface area contributed by atoms with Crippen molar-refractivity contribution in [3.05, 3.63) is 70.9 Å². The average molecular weight is 542 g/mol. The van der Waals surface area contributed by atoms with Crippen molar-refractivity contribution in [2.24, 2.45) is 4.99 Å². The molecular formula is C22H28FIN4OS. The Hall–Kier alpha value is -1.75. The standard InChI is InChI=1S/C22H27FN4OS.HI/c1-24-22(25-13-18(27(2)3)15-8-6-9-17(23)11-15)26-14-19(28)21-12-16-7-4-5-10-20(16)29-21;/h4-12,18-19,28H,13-14H2,1-3H3,(H2,24,25,26);1H. The maximum atomic E-state index is 13.6. The predicted octanol–water partition coefficient (Wildman–Crippen LogP) is 4.16. The molecule has 2 aromatic carbocycles. The number of nitrogens with zero attached hydrogens (tertiary/aromatic N) is 2. The smallest absolute Gasteiger partial charge is 0.191 e. The Labute approximate surface area is 198 Å². The first-order chi connectivity index (χ1) is 14.0. The van der Waals surface area contributed by atoms with Crippen LogP contribution >= 0.6 is 35.3 Å². The van der Waals surface area contributed by atoms with E-state index in [9.17, 15) is 9.50 Å². The molecule has 8 heteroatoms. The largest absolute Gasteiger partial charge is 0.386 e. The van der Waals surface area contributed by atoms with Crippen molar-refractivity contribution in [2.45, 2.75) is 12.1 Å². The van der Waals surface area contributed by atoms with Gasteiger partial charge in [0.2, 0.25) is 0 Å². The van der Waals surface area contributed by atoms with Crippen LogP contribution in [0.15, 0.2) is 59.6 Å². The first kappa shape index (κ1) is 24.5. The molecule has 0 saturated carbocycles. The molecule has 0 radical (unpaired) electrons. The van der Waals surface area contributed by atoms with Crippen molar-refractivity contribution >= 4 is 51.4 Å². The van der Waals surface area contributed by atoms with Crippen LogP contribution in [-0.4, -0.2) is 50.2 Å². The van der Waals surface area contributed by atoms with Crippen molar-refractivity contribution in [1.29, 1.82) is 0 Å². The van der Waals surface area contributed by atoms with Gasteiger partial charge in [-0.25, -0.2) is 4.39 Å². The molecular weight excluding hydrogens is 514 g/mol. The molecule has 162 valence electrons.